The largest absolute Gasteiger partial charge is 0.299 e. The lowest BCUT2D eigenvalue weighted by Gasteiger charge is -2.38. The van der Waals surface area contributed by atoms with Crippen LogP contribution in [0, 0.1) is 5.41 Å². The molecule has 1 aromatic carbocycles. The molecule has 2 unspecified atom stereocenters. The van der Waals surface area contributed by atoms with E-state index in [1.807, 2.05) is 13.0 Å². The van der Waals surface area contributed by atoms with Crippen molar-refractivity contribution in [1.29, 1.82) is 0 Å². The van der Waals surface area contributed by atoms with Gasteiger partial charge in [-0.25, -0.2) is 0 Å². The van der Waals surface area contributed by atoms with Crippen LogP contribution in [0.15, 0.2) is 24.3 Å². The Kier molecular flexibility index (Phi) is 8.29. The average molecular weight is 424 g/mol. The second-order valence-corrected chi connectivity index (χ2v) is 9.04. The molecule has 1 saturated heterocycles. The van der Waals surface area contributed by atoms with E-state index in [1.54, 1.807) is 32.0 Å². The van der Waals surface area contributed by atoms with Gasteiger partial charge in [-0.3, -0.25) is 19.3 Å². The van der Waals surface area contributed by atoms with E-state index in [2.05, 4.69) is 17.5 Å². The maximum atomic E-state index is 12.9. The molecule has 1 aliphatic rings. The Hall–Kier alpha value is -1.17. The van der Waals surface area contributed by atoms with Gasteiger partial charge < -0.3 is 0 Å². The van der Waals surface area contributed by atoms with Crippen LogP contribution in [0.1, 0.15) is 64.4 Å². The second-order valence-electron chi connectivity index (χ2n) is 8.20. The first-order chi connectivity index (χ1) is 13.2. The predicted molar refractivity (Wildman–Crippen MR) is 116 cm³/mol. The Morgan fingerprint density at radius 2 is 1.75 bits per heavy atom. The number of piperidine rings is 1. The summed E-state index contributed by atoms with van der Waals surface area (Å²) >= 11 is 10.5. The van der Waals surface area contributed by atoms with Crippen LogP contribution in [0.5, 0.6) is 0 Å². The van der Waals surface area contributed by atoms with Gasteiger partial charge in [0.2, 0.25) is 11.6 Å². The number of likely N-dealkylation sites (tertiary alicyclic amines) is 1. The summed E-state index contributed by atoms with van der Waals surface area (Å²) in [6.45, 7) is 7.07. The normalized spacial score (nSPS) is 17.8. The van der Waals surface area contributed by atoms with Crippen molar-refractivity contribution in [3.05, 3.63) is 34.9 Å². The van der Waals surface area contributed by atoms with Crippen LogP contribution in [0.3, 0.4) is 0 Å². The van der Waals surface area contributed by atoms with Gasteiger partial charge in [-0.05, 0) is 44.0 Å². The molecule has 0 spiro atoms. The number of Topliss-reactive ketones (excluding diaryl/α,β-unsaturated/α-hetero) is 2. The molecule has 1 aromatic rings. The summed E-state index contributed by atoms with van der Waals surface area (Å²) < 4.78 is 0. The van der Waals surface area contributed by atoms with E-state index in [9.17, 15) is 14.4 Å². The molecule has 2 atom stereocenters. The first-order valence-electron chi connectivity index (χ1n) is 9.98. The Balaban J connectivity index is 2.40. The van der Waals surface area contributed by atoms with Gasteiger partial charge in [0.25, 0.3) is 0 Å². The third kappa shape index (κ3) is 5.46. The lowest BCUT2D eigenvalue weighted by molar-refractivity contribution is -0.142. The fourth-order valence-corrected chi connectivity index (χ4v) is 4.33. The number of benzene rings is 1. The number of hydrogen-bond acceptors (Lipinski definition) is 4. The number of nitrogens with zero attached hydrogens (tertiary/aromatic N) is 1. The smallest absolute Gasteiger partial charge is 0.203 e. The van der Waals surface area contributed by atoms with Crippen LogP contribution in [0.2, 0.25) is 5.02 Å². The molecule has 0 aliphatic carbocycles. The molecule has 1 fully saturated rings. The quantitative estimate of drug-likeness (QED) is 0.462. The van der Waals surface area contributed by atoms with Gasteiger partial charge in [0, 0.05) is 22.9 Å². The lowest BCUT2D eigenvalue weighted by Crippen LogP contribution is -2.47. The summed E-state index contributed by atoms with van der Waals surface area (Å²) in [5.41, 5.74) is -0.0382. The summed E-state index contributed by atoms with van der Waals surface area (Å²) in [5.74, 6) is -1.45. The zero-order valence-electron chi connectivity index (χ0n) is 16.9. The van der Waals surface area contributed by atoms with Gasteiger partial charge in [-0.2, -0.15) is 0 Å². The van der Waals surface area contributed by atoms with Gasteiger partial charge in [-0.15, -0.1) is 12.6 Å². The monoisotopic (exact) mass is 423 g/mol. The van der Waals surface area contributed by atoms with E-state index in [4.69, 9.17) is 11.6 Å². The summed E-state index contributed by atoms with van der Waals surface area (Å²) in [5, 5.41) is 0.142. The van der Waals surface area contributed by atoms with E-state index < -0.39 is 23.2 Å². The Labute approximate surface area is 178 Å². The fraction of sp³-hybridized carbons (Fsp3) is 0.591. The van der Waals surface area contributed by atoms with Crippen molar-refractivity contribution in [3.63, 3.8) is 0 Å². The summed E-state index contributed by atoms with van der Waals surface area (Å²) in [6.07, 6.45) is 3.74. The van der Waals surface area contributed by atoms with Crippen molar-refractivity contribution < 1.29 is 14.4 Å². The van der Waals surface area contributed by atoms with Crippen LogP contribution in [-0.4, -0.2) is 40.7 Å². The molecule has 4 nitrogen and oxygen atoms in total. The zero-order valence-corrected chi connectivity index (χ0v) is 18.6. The molecule has 154 valence electrons. The number of halogens is 1. The molecular formula is C22H30ClNO3S. The van der Waals surface area contributed by atoms with Crippen molar-refractivity contribution in [1.82, 2.24) is 4.90 Å². The highest BCUT2D eigenvalue weighted by Crippen LogP contribution is 2.35. The number of ketones is 2. The summed E-state index contributed by atoms with van der Waals surface area (Å²) in [4.78, 5) is 40.3. The lowest BCUT2D eigenvalue weighted by atomic mass is 9.80. The molecular weight excluding hydrogens is 394 g/mol. The minimum absolute atomic E-state index is 0.00442. The van der Waals surface area contributed by atoms with Crippen LogP contribution in [-0.2, 0) is 14.4 Å². The number of thiol groups is 1. The molecule has 0 amide bonds. The maximum absolute atomic E-state index is 12.9. The summed E-state index contributed by atoms with van der Waals surface area (Å²) in [7, 11) is 0. The van der Waals surface area contributed by atoms with Gasteiger partial charge in [0.1, 0.15) is 0 Å². The first-order valence-corrected chi connectivity index (χ1v) is 10.8. The fourth-order valence-electron chi connectivity index (χ4n) is 3.76. The highest BCUT2D eigenvalue weighted by Gasteiger charge is 2.39. The van der Waals surface area contributed by atoms with E-state index >= 15 is 0 Å². The molecule has 28 heavy (non-hydrogen) atoms. The van der Waals surface area contributed by atoms with E-state index in [0.717, 1.165) is 32.4 Å². The maximum Gasteiger partial charge on any atom is 0.203 e. The van der Waals surface area contributed by atoms with Crippen molar-refractivity contribution in [3.8, 4) is 0 Å². The Morgan fingerprint density at radius 3 is 2.29 bits per heavy atom. The van der Waals surface area contributed by atoms with Crippen LogP contribution in [0.4, 0.5) is 0 Å². The molecule has 0 N–H and O–H groups in total. The molecule has 0 bridgehead atoms. The third-order valence-electron chi connectivity index (χ3n) is 5.90. The van der Waals surface area contributed by atoms with Crippen LogP contribution < -0.4 is 0 Å². The Bertz CT molecular complexity index is 728. The minimum Gasteiger partial charge on any atom is -0.299 e. The standard InChI is InChI=1S/C22H30ClNO3S/c1-4-22(2,3)20(26)18(25)14-17(24-12-8-5-9-13-24)19(21(27)28)15-10-6-7-11-16(15)23/h6-7,10-11,17,19H,4-5,8-9,12-14H2,1-3H3,(H,27,28). The second kappa shape index (κ2) is 10.0. The van der Waals surface area contributed by atoms with E-state index in [0.29, 0.717) is 17.0 Å². The van der Waals surface area contributed by atoms with Gasteiger partial charge >= 0.3 is 0 Å². The van der Waals surface area contributed by atoms with Crippen LogP contribution >= 0.6 is 24.2 Å². The zero-order chi connectivity index (χ0) is 20.9. The predicted octanol–water partition coefficient (Wildman–Crippen LogP) is 4.70. The van der Waals surface area contributed by atoms with Crippen LogP contribution in [0.25, 0.3) is 0 Å². The van der Waals surface area contributed by atoms with Crippen molar-refractivity contribution >= 4 is 40.9 Å². The molecule has 1 aliphatic heterocycles. The van der Waals surface area contributed by atoms with Gasteiger partial charge in [0.05, 0.1) is 5.92 Å². The third-order valence-corrected chi connectivity index (χ3v) is 6.52. The molecule has 0 saturated carbocycles. The average Bonchev–Trinajstić information content (AvgIpc) is 2.68. The van der Waals surface area contributed by atoms with Crippen molar-refractivity contribution in [2.45, 2.75) is 64.8 Å². The van der Waals surface area contributed by atoms with Gasteiger partial charge in [0.15, 0.2) is 5.12 Å². The van der Waals surface area contributed by atoms with Gasteiger partial charge in [-0.1, -0.05) is 57.0 Å². The minimum atomic E-state index is -0.700. The highest BCUT2D eigenvalue weighted by atomic mass is 35.5. The number of rotatable bonds is 9. The summed E-state index contributed by atoms with van der Waals surface area (Å²) in [6, 6.07) is 6.75. The highest BCUT2D eigenvalue weighted by molar-refractivity contribution is 7.96. The number of carbonyl (C=O) groups excluding carboxylic acids is 3. The van der Waals surface area contributed by atoms with Crippen molar-refractivity contribution in [2.24, 2.45) is 5.41 Å². The molecule has 0 radical (unpaired) electrons. The Morgan fingerprint density at radius 1 is 1.14 bits per heavy atom. The number of hydrogen-bond donors (Lipinski definition) is 1. The SMILES string of the molecule is CCC(C)(C)C(=O)C(=O)CC(C(C(=O)S)c1ccccc1Cl)N1CCCCC1. The molecule has 2 rings (SSSR count). The first kappa shape index (κ1) is 23.1. The van der Waals surface area contributed by atoms with Crippen molar-refractivity contribution in [2.75, 3.05) is 13.1 Å². The molecule has 1 heterocycles. The molecule has 0 aromatic heterocycles. The van der Waals surface area contributed by atoms with E-state index in [-0.39, 0.29) is 17.3 Å². The number of carbonyl (C=O) groups is 3. The van der Waals surface area contributed by atoms with E-state index in [1.165, 1.54) is 0 Å². The molecule has 6 heteroatoms. The topological polar surface area (TPSA) is 54.5 Å².